The van der Waals surface area contributed by atoms with Gasteiger partial charge in [-0.15, -0.1) is 102 Å². The summed E-state index contributed by atoms with van der Waals surface area (Å²) in [6.45, 7) is 38.5. The second-order valence-electron chi connectivity index (χ2n) is 14.0. The van der Waals surface area contributed by atoms with Gasteiger partial charge < -0.3 is 0 Å². The molecule has 6 aromatic rings. The number of rotatable bonds is 3. The number of aryl methyl sites for hydroxylation is 9. The SMILES string of the molecule is Cc1[c-]c(-c2nc(C)c(C)s2)c(C)c(C)c1C.Cc1[c-]c(-c2nc(C)c(C)s2)c(C)c(C)c1C.Cc1[c-]c(-c2nc(C)c(C)s2)c(C)c(C)c1C.[Ir+3]. The van der Waals surface area contributed by atoms with Crippen molar-refractivity contribution in [2.24, 2.45) is 0 Å². The molecule has 52 heavy (non-hydrogen) atoms. The molecule has 0 fully saturated rings. The van der Waals surface area contributed by atoms with Gasteiger partial charge in [-0.05, 0) is 41.5 Å². The molecule has 0 aliphatic rings. The van der Waals surface area contributed by atoms with Crippen molar-refractivity contribution < 1.29 is 20.1 Å². The van der Waals surface area contributed by atoms with E-state index in [1.807, 2.05) is 0 Å². The maximum absolute atomic E-state index is 4.64. The van der Waals surface area contributed by atoms with Gasteiger partial charge >= 0.3 is 20.1 Å². The molecule has 0 aliphatic carbocycles. The number of hydrogen-bond acceptors (Lipinski definition) is 6. The minimum atomic E-state index is 0. The van der Waals surface area contributed by atoms with Gasteiger partial charge in [-0.25, -0.2) is 0 Å². The Kier molecular flexibility index (Phi) is 14.7. The molecule has 276 valence electrons. The molecule has 0 saturated heterocycles. The third-order valence-electron chi connectivity index (χ3n) is 10.9. The zero-order valence-electron chi connectivity index (χ0n) is 34.4. The summed E-state index contributed by atoms with van der Waals surface area (Å²) >= 11 is 5.29. The maximum atomic E-state index is 4.64. The molecule has 0 aliphatic heterocycles. The molecular formula is C45H54IrN3S3. The summed E-state index contributed by atoms with van der Waals surface area (Å²) < 4.78 is 0. The van der Waals surface area contributed by atoms with Crippen LogP contribution in [0, 0.1) is 143 Å². The van der Waals surface area contributed by atoms with Gasteiger partial charge in [0.15, 0.2) is 0 Å². The summed E-state index contributed by atoms with van der Waals surface area (Å²) in [7, 11) is 0. The number of aromatic nitrogens is 3. The average Bonchev–Trinajstić information content (AvgIpc) is 3.73. The molecule has 0 radical (unpaired) electrons. The first kappa shape index (κ1) is 43.6. The first-order chi connectivity index (χ1) is 23.7. The minimum Gasteiger partial charge on any atom is -0.290 e. The largest absolute Gasteiger partial charge is 3.00 e. The van der Waals surface area contributed by atoms with Crippen LogP contribution in [-0.4, -0.2) is 15.0 Å². The van der Waals surface area contributed by atoms with Gasteiger partial charge in [0.05, 0.1) is 0 Å². The Hall–Kier alpha value is -2.80. The molecule has 0 atom stereocenters. The van der Waals surface area contributed by atoms with Crippen LogP contribution >= 0.6 is 34.0 Å². The Bertz CT molecular complexity index is 1940. The molecule has 0 unspecified atom stereocenters. The molecule has 3 nitrogen and oxygen atoms in total. The molecule has 3 aromatic carbocycles. The van der Waals surface area contributed by atoms with Crippen LogP contribution in [0.15, 0.2) is 0 Å². The second kappa shape index (κ2) is 17.6. The molecule has 7 heteroatoms. The fourth-order valence-electron chi connectivity index (χ4n) is 5.76. The third-order valence-corrected chi connectivity index (χ3v) is 14.1. The summed E-state index contributed by atoms with van der Waals surface area (Å²) in [4.78, 5) is 17.8. The normalized spacial score (nSPS) is 10.7. The number of nitrogens with zero attached hydrogens (tertiary/aromatic N) is 3. The van der Waals surface area contributed by atoms with Gasteiger partial charge in [0.1, 0.15) is 0 Å². The van der Waals surface area contributed by atoms with Gasteiger partial charge in [0, 0.05) is 46.7 Å². The van der Waals surface area contributed by atoms with Crippen LogP contribution < -0.4 is 0 Å². The van der Waals surface area contributed by atoms with Crippen LogP contribution in [0.3, 0.4) is 0 Å². The molecule has 0 saturated carbocycles. The Morgan fingerprint density at radius 2 is 0.519 bits per heavy atom. The van der Waals surface area contributed by atoms with Crippen LogP contribution in [0.4, 0.5) is 0 Å². The smallest absolute Gasteiger partial charge is 0.290 e. The fraction of sp³-hybridized carbons (Fsp3) is 0.400. The molecule has 0 amide bonds. The monoisotopic (exact) mass is 925 g/mol. The molecule has 3 aromatic heterocycles. The average molecular weight is 925 g/mol. The Balaban J connectivity index is 0.000000208. The Labute approximate surface area is 339 Å². The standard InChI is InChI=1S/3C15H18NS.Ir/c3*1-8-7-14(11(4)10(3)9(8)2)15-16-12(5)13(6)17-15;/h3*1-6H3;/q3*-1;+3. The predicted octanol–water partition coefficient (Wildman–Crippen LogP) is 13.4. The van der Waals surface area contributed by atoms with Gasteiger partial charge in [0.25, 0.3) is 0 Å². The molecular weight excluding hydrogens is 871 g/mol. The van der Waals surface area contributed by atoms with Crippen LogP contribution in [0.2, 0.25) is 0 Å². The van der Waals surface area contributed by atoms with Crippen molar-refractivity contribution in [1.82, 2.24) is 15.0 Å². The van der Waals surface area contributed by atoms with Crippen LogP contribution in [0.25, 0.3) is 31.7 Å². The van der Waals surface area contributed by atoms with Crippen molar-refractivity contribution >= 4 is 34.0 Å². The summed E-state index contributed by atoms with van der Waals surface area (Å²) in [5, 5.41) is 3.30. The van der Waals surface area contributed by atoms with E-state index < -0.39 is 0 Å². The summed E-state index contributed by atoms with van der Waals surface area (Å²) in [6.07, 6.45) is 0. The van der Waals surface area contributed by atoms with E-state index in [2.05, 4.69) is 158 Å². The molecule has 0 bridgehead atoms. The zero-order valence-corrected chi connectivity index (χ0v) is 39.2. The first-order valence-corrected chi connectivity index (χ1v) is 20.0. The second-order valence-corrected chi connectivity index (χ2v) is 17.6. The summed E-state index contributed by atoms with van der Waals surface area (Å²) in [5.41, 5.74) is 22.6. The first-order valence-electron chi connectivity index (χ1n) is 17.6. The van der Waals surface area contributed by atoms with Gasteiger partial charge in [-0.2, -0.15) is 34.0 Å². The molecule has 6 rings (SSSR count). The van der Waals surface area contributed by atoms with E-state index in [0.29, 0.717) is 0 Å². The quantitative estimate of drug-likeness (QED) is 0.166. The third kappa shape index (κ3) is 9.10. The van der Waals surface area contributed by atoms with Crippen molar-refractivity contribution in [3.8, 4) is 31.7 Å². The van der Waals surface area contributed by atoms with E-state index in [9.17, 15) is 0 Å². The Morgan fingerprint density at radius 3 is 0.692 bits per heavy atom. The Morgan fingerprint density at radius 1 is 0.308 bits per heavy atom. The van der Waals surface area contributed by atoms with Crippen molar-refractivity contribution in [1.29, 1.82) is 0 Å². The van der Waals surface area contributed by atoms with E-state index in [1.165, 1.54) is 98.1 Å². The van der Waals surface area contributed by atoms with E-state index in [1.54, 1.807) is 34.0 Å². The number of thiazole rings is 3. The number of benzene rings is 3. The van der Waals surface area contributed by atoms with Crippen LogP contribution in [-0.2, 0) is 20.1 Å². The number of hydrogen-bond donors (Lipinski definition) is 0. The molecule has 3 heterocycles. The van der Waals surface area contributed by atoms with Gasteiger partial charge in [-0.3, -0.25) is 15.0 Å². The molecule has 0 spiro atoms. The van der Waals surface area contributed by atoms with Crippen molar-refractivity contribution in [2.45, 2.75) is 125 Å². The van der Waals surface area contributed by atoms with E-state index >= 15 is 0 Å². The van der Waals surface area contributed by atoms with Crippen LogP contribution in [0.5, 0.6) is 0 Å². The van der Waals surface area contributed by atoms with Gasteiger partial charge in [0.2, 0.25) is 0 Å². The van der Waals surface area contributed by atoms with Crippen molar-refractivity contribution in [3.63, 3.8) is 0 Å². The zero-order chi connectivity index (χ0) is 38.2. The predicted molar refractivity (Wildman–Crippen MR) is 224 cm³/mol. The maximum Gasteiger partial charge on any atom is 3.00 e. The fourth-order valence-corrected chi connectivity index (χ4v) is 8.67. The van der Waals surface area contributed by atoms with Crippen LogP contribution in [0.1, 0.15) is 98.5 Å². The minimum absolute atomic E-state index is 0. The summed E-state index contributed by atoms with van der Waals surface area (Å²) in [5.74, 6) is 0. The van der Waals surface area contributed by atoms with E-state index in [4.69, 9.17) is 0 Å². The van der Waals surface area contributed by atoms with E-state index in [-0.39, 0.29) is 20.1 Å². The van der Waals surface area contributed by atoms with E-state index in [0.717, 1.165) is 32.1 Å². The topological polar surface area (TPSA) is 38.7 Å². The molecule has 0 N–H and O–H groups in total. The van der Waals surface area contributed by atoms with Gasteiger partial charge in [-0.1, -0.05) is 83.1 Å². The van der Waals surface area contributed by atoms with Crippen molar-refractivity contribution in [2.75, 3.05) is 0 Å². The summed E-state index contributed by atoms with van der Waals surface area (Å²) in [6, 6.07) is 10.5. The van der Waals surface area contributed by atoms with Crippen molar-refractivity contribution in [3.05, 3.63) is 117 Å².